The largest absolute Gasteiger partial charge is 0.495 e. The van der Waals surface area contributed by atoms with Crippen molar-refractivity contribution in [3.8, 4) is 17.3 Å². The van der Waals surface area contributed by atoms with Crippen LogP contribution in [0.1, 0.15) is 11.1 Å². The summed E-state index contributed by atoms with van der Waals surface area (Å²) in [5.74, 6) is -0.259. The first kappa shape index (κ1) is 24.5. The molecule has 0 saturated heterocycles. The van der Waals surface area contributed by atoms with Gasteiger partial charge in [-0.15, -0.1) is 0 Å². The van der Waals surface area contributed by atoms with Gasteiger partial charge in [0.1, 0.15) is 5.75 Å². The van der Waals surface area contributed by atoms with Crippen LogP contribution in [0.15, 0.2) is 88.8 Å². The van der Waals surface area contributed by atoms with Crippen LogP contribution < -0.4 is 15.6 Å². The molecule has 0 bridgehead atoms. The van der Waals surface area contributed by atoms with Gasteiger partial charge in [0.2, 0.25) is 11.8 Å². The van der Waals surface area contributed by atoms with E-state index in [-0.39, 0.29) is 34.7 Å². The van der Waals surface area contributed by atoms with Gasteiger partial charge in [0.15, 0.2) is 10.3 Å². The van der Waals surface area contributed by atoms with Crippen LogP contribution in [0.2, 0.25) is 0 Å². The second-order valence-electron chi connectivity index (χ2n) is 7.99. The number of nitrogens with zero attached hydrogens (tertiary/aromatic N) is 3. The average molecular weight is 531 g/mol. The number of benzene rings is 3. The molecule has 0 unspecified atom stereocenters. The minimum atomic E-state index is -0.435. The van der Waals surface area contributed by atoms with Crippen molar-refractivity contribution in [1.82, 2.24) is 14.5 Å². The lowest BCUT2D eigenvalue weighted by molar-refractivity contribution is -0.113. The number of hydrogen-bond donors (Lipinski definition) is 2. The van der Waals surface area contributed by atoms with E-state index in [1.54, 1.807) is 24.3 Å². The Balaban J connectivity index is 1.47. The zero-order valence-corrected chi connectivity index (χ0v) is 21.4. The molecule has 0 aliphatic heterocycles. The summed E-state index contributed by atoms with van der Waals surface area (Å²) in [6.45, 7) is 0. The summed E-state index contributed by atoms with van der Waals surface area (Å²) in [6.07, 6.45) is 0.205. The highest BCUT2D eigenvalue weighted by Crippen LogP contribution is 2.29. The van der Waals surface area contributed by atoms with Crippen LogP contribution in [-0.4, -0.2) is 38.4 Å². The predicted molar refractivity (Wildman–Crippen MR) is 146 cm³/mol. The molecule has 5 aromatic rings. The Morgan fingerprint density at radius 3 is 2.54 bits per heavy atom. The van der Waals surface area contributed by atoms with Crippen molar-refractivity contribution in [2.45, 2.75) is 11.6 Å². The number of rotatable bonds is 8. The summed E-state index contributed by atoms with van der Waals surface area (Å²) in [5, 5.41) is 14.2. The van der Waals surface area contributed by atoms with Crippen molar-refractivity contribution in [3.63, 3.8) is 0 Å². The molecule has 10 heteroatoms. The fourth-order valence-corrected chi connectivity index (χ4v) is 5.49. The first-order valence-corrected chi connectivity index (χ1v) is 13.1. The summed E-state index contributed by atoms with van der Waals surface area (Å²) < 4.78 is 7.84. The number of amides is 1. The Morgan fingerprint density at radius 2 is 1.76 bits per heavy atom. The van der Waals surface area contributed by atoms with E-state index in [1.165, 1.54) is 23.0 Å². The van der Waals surface area contributed by atoms with Gasteiger partial charge in [0.05, 0.1) is 34.3 Å². The number of anilines is 1. The smallest absolute Gasteiger partial charge is 0.266 e. The fourth-order valence-electron chi connectivity index (χ4n) is 3.82. The molecule has 5 rings (SSSR count). The number of aromatic nitrogens is 3. The van der Waals surface area contributed by atoms with Crippen molar-refractivity contribution in [2.24, 2.45) is 0 Å². The number of methoxy groups -OCH3 is 1. The summed E-state index contributed by atoms with van der Waals surface area (Å²) >= 11 is 2.42. The summed E-state index contributed by atoms with van der Waals surface area (Å²) in [6, 6.07) is 24.0. The van der Waals surface area contributed by atoms with Crippen molar-refractivity contribution in [1.29, 1.82) is 0 Å². The van der Waals surface area contributed by atoms with E-state index in [9.17, 15) is 14.7 Å². The number of para-hydroxylation sites is 3. The van der Waals surface area contributed by atoms with Crippen LogP contribution in [0.3, 0.4) is 0 Å². The highest BCUT2D eigenvalue weighted by Gasteiger charge is 2.21. The highest BCUT2D eigenvalue weighted by molar-refractivity contribution is 7.99. The molecular formula is C27H22N4O4S2. The maximum atomic E-state index is 13.7. The van der Waals surface area contributed by atoms with Gasteiger partial charge < -0.3 is 15.2 Å². The average Bonchev–Trinajstić information content (AvgIpc) is 3.32. The maximum absolute atomic E-state index is 13.7. The van der Waals surface area contributed by atoms with Gasteiger partial charge in [0, 0.05) is 6.42 Å². The lowest BCUT2D eigenvalue weighted by Crippen LogP contribution is -2.26. The number of nitrogens with one attached hydrogen (secondary N) is 1. The molecule has 8 nitrogen and oxygen atoms in total. The molecule has 0 aliphatic rings. The maximum Gasteiger partial charge on any atom is 0.266 e. The van der Waals surface area contributed by atoms with Crippen LogP contribution in [0.4, 0.5) is 5.13 Å². The number of thioether (sulfide) groups is 1. The van der Waals surface area contributed by atoms with E-state index in [0.717, 1.165) is 27.5 Å². The third kappa shape index (κ3) is 5.35. The molecule has 0 spiro atoms. The van der Waals surface area contributed by atoms with Crippen LogP contribution in [0, 0.1) is 0 Å². The van der Waals surface area contributed by atoms with Crippen LogP contribution >= 0.6 is 23.1 Å². The minimum Gasteiger partial charge on any atom is -0.495 e. The third-order valence-electron chi connectivity index (χ3n) is 5.55. The second-order valence-corrected chi connectivity index (χ2v) is 9.97. The number of carbonyl (C=O) groups is 1. The third-order valence-corrected chi connectivity index (χ3v) is 7.44. The second kappa shape index (κ2) is 10.9. The van der Waals surface area contributed by atoms with Crippen LogP contribution in [0.5, 0.6) is 11.6 Å². The van der Waals surface area contributed by atoms with Gasteiger partial charge in [-0.25, -0.2) is 4.98 Å². The number of fused-ring (bicyclic) bond motifs is 1. The molecule has 0 aliphatic carbocycles. The molecule has 37 heavy (non-hydrogen) atoms. The van der Waals surface area contributed by atoms with Crippen LogP contribution in [-0.2, 0) is 11.2 Å². The molecule has 0 saturated carbocycles. The van der Waals surface area contributed by atoms with Gasteiger partial charge in [-0.2, -0.15) is 4.98 Å². The monoisotopic (exact) mass is 530 g/mol. The Labute approximate surface area is 220 Å². The Kier molecular flexibility index (Phi) is 7.20. The molecule has 2 aromatic heterocycles. The number of hydrogen-bond acceptors (Lipinski definition) is 8. The number of aromatic hydroxyl groups is 1. The fraction of sp³-hybridized carbons (Fsp3) is 0.111. The minimum absolute atomic E-state index is 0.0466. The molecular weight excluding hydrogens is 508 g/mol. The van der Waals surface area contributed by atoms with E-state index in [1.807, 2.05) is 54.6 Å². The van der Waals surface area contributed by atoms with E-state index >= 15 is 0 Å². The summed E-state index contributed by atoms with van der Waals surface area (Å²) in [4.78, 5) is 35.2. The standard InChI is InChI=1S/C27H22N4O4S2/c1-35-21-13-7-6-12-20(21)31-25(34)18(15-17-9-3-2-4-10-17)24(33)30-27(31)36-16-23(32)29-26-28-19-11-5-8-14-22(19)37-26/h2-14,33H,15-16H2,1H3,(H,28,29,32). The summed E-state index contributed by atoms with van der Waals surface area (Å²) in [7, 11) is 1.51. The topological polar surface area (TPSA) is 106 Å². The molecule has 2 N–H and O–H groups in total. The molecule has 186 valence electrons. The Morgan fingerprint density at radius 1 is 1.03 bits per heavy atom. The molecule has 2 heterocycles. The molecule has 1 amide bonds. The first-order valence-electron chi connectivity index (χ1n) is 11.3. The quantitative estimate of drug-likeness (QED) is 0.218. The van der Waals surface area contributed by atoms with E-state index in [4.69, 9.17) is 4.74 Å². The number of ether oxygens (including phenoxy) is 1. The zero-order valence-electron chi connectivity index (χ0n) is 19.7. The van der Waals surface area contributed by atoms with Gasteiger partial charge in [-0.1, -0.05) is 77.7 Å². The first-order chi connectivity index (χ1) is 18.0. The number of thiazole rings is 1. The zero-order chi connectivity index (χ0) is 25.8. The molecule has 0 atom stereocenters. The predicted octanol–water partition coefficient (Wildman–Crippen LogP) is 4.88. The highest BCUT2D eigenvalue weighted by atomic mass is 32.2. The Bertz CT molecular complexity index is 1600. The van der Waals surface area contributed by atoms with Crippen molar-refractivity contribution >= 4 is 44.4 Å². The van der Waals surface area contributed by atoms with Gasteiger partial charge in [-0.05, 0) is 29.8 Å². The van der Waals surface area contributed by atoms with Crippen molar-refractivity contribution in [3.05, 3.63) is 100 Å². The van der Waals surface area contributed by atoms with Gasteiger partial charge >= 0.3 is 0 Å². The van der Waals surface area contributed by atoms with Gasteiger partial charge in [-0.3, -0.25) is 14.2 Å². The van der Waals surface area contributed by atoms with E-state index in [0.29, 0.717) is 16.6 Å². The normalized spacial score (nSPS) is 10.9. The van der Waals surface area contributed by atoms with Crippen molar-refractivity contribution < 1.29 is 14.6 Å². The molecule has 0 radical (unpaired) electrons. The lowest BCUT2D eigenvalue weighted by atomic mass is 10.1. The van der Waals surface area contributed by atoms with E-state index < -0.39 is 5.56 Å². The number of carbonyl (C=O) groups excluding carboxylic acids is 1. The summed E-state index contributed by atoms with van der Waals surface area (Å²) in [5.41, 5.74) is 1.85. The van der Waals surface area contributed by atoms with Crippen LogP contribution in [0.25, 0.3) is 15.9 Å². The lowest BCUT2D eigenvalue weighted by Gasteiger charge is -2.16. The van der Waals surface area contributed by atoms with E-state index in [2.05, 4.69) is 15.3 Å². The van der Waals surface area contributed by atoms with Gasteiger partial charge in [0.25, 0.3) is 5.56 Å². The SMILES string of the molecule is COc1ccccc1-n1c(SCC(=O)Nc2nc3ccccc3s2)nc(O)c(Cc2ccccc2)c1=O. The van der Waals surface area contributed by atoms with Crippen molar-refractivity contribution in [2.75, 3.05) is 18.2 Å². The Hall–Kier alpha value is -4.15. The molecule has 3 aromatic carbocycles. The molecule has 0 fully saturated rings.